The van der Waals surface area contributed by atoms with E-state index in [0.29, 0.717) is 16.1 Å². The van der Waals surface area contributed by atoms with Gasteiger partial charge in [-0.25, -0.2) is 8.78 Å². The quantitative estimate of drug-likeness (QED) is 0.662. The third-order valence-corrected chi connectivity index (χ3v) is 2.69. The van der Waals surface area contributed by atoms with Gasteiger partial charge in [-0.2, -0.15) is 0 Å². The van der Waals surface area contributed by atoms with Gasteiger partial charge in [0.2, 0.25) is 0 Å². The van der Waals surface area contributed by atoms with Gasteiger partial charge in [0.1, 0.15) is 11.6 Å². The molecule has 2 aromatic rings. The van der Waals surface area contributed by atoms with Crippen molar-refractivity contribution in [1.82, 2.24) is 0 Å². The van der Waals surface area contributed by atoms with E-state index in [1.807, 2.05) is 0 Å². The zero-order chi connectivity index (χ0) is 12.4. The third-order valence-electron chi connectivity index (χ3n) is 2.36. The van der Waals surface area contributed by atoms with Crippen LogP contribution in [0.1, 0.15) is 5.56 Å². The first-order chi connectivity index (χ1) is 8.11. The normalized spacial score (nSPS) is 10.0. The Balaban J connectivity index is 2.61. The fraction of sp³-hybridized carbons (Fsp3) is 0. The minimum Gasteiger partial charge on any atom is -0.207 e. The second-order valence-corrected chi connectivity index (χ2v) is 3.87. The van der Waals surface area contributed by atoms with Gasteiger partial charge < -0.3 is 0 Å². The van der Waals surface area contributed by atoms with E-state index in [1.165, 1.54) is 36.4 Å². The van der Waals surface area contributed by atoms with Crippen LogP contribution in [0.4, 0.5) is 8.78 Å². The van der Waals surface area contributed by atoms with Crippen molar-refractivity contribution < 1.29 is 8.78 Å². The van der Waals surface area contributed by atoms with Crippen LogP contribution in [0.5, 0.6) is 0 Å². The van der Waals surface area contributed by atoms with Crippen LogP contribution in [0.3, 0.4) is 0 Å². The van der Waals surface area contributed by atoms with Crippen LogP contribution >= 0.6 is 11.6 Å². The predicted octanol–water partition coefficient (Wildman–Crippen LogP) is 4.27. The number of hydrogen-bond donors (Lipinski definition) is 0. The van der Waals surface area contributed by atoms with E-state index in [4.69, 9.17) is 18.0 Å². The molecular formula is C14H7ClF2. The van der Waals surface area contributed by atoms with Crippen LogP contribution in [0.15, 0.2) is 36.4 Å². The molecule has 0 bridgehead atoms. The highest BCUT2D eigenvalue weighted by Crippen LogP contribution is 2.29. The maximum Gasteiger partial charge on any atom is 0.138 e. The summed E-state index contributed by atoms with van der Waals surface area (Å²) in [5, 5.41) is 0.390. The SMILES string of the molecule is C#Cc1cc(-c2cc(F)ccc2Cl)ccc1F. The van der Waals surface area contributed by atoms with Crippen LogP contribution in [0.2, 0.25) is 5.02 Å². The largest absolute Gasteiger partial charge is 0.207 e. The smallest absolute Gasteiger partial charge is 0.138 e. The lowest BCUT2D eigenvalue weighted by molar-refractivity contribution is 0.624. The first-order valence-electron chi connectivity index (χ1n) is 4.83. The molecule has 84 valence electrons. The summed E-state index contributed by atoms with van der Waals surface area (Å²) in [5.41, 5.74) is 1.20. The summed E-state index contributed by atoms with van der Waals surface area (Å²) in [6.07, 6.45) is 5.17. The molecule has 0 N–H and O–H groups in total. The van der Waals surface area contributed by atoms with Crippen LogP contribution in [-0.2, 0) is 0 Å². The Morgan fingerprint density at radius 3 is 2.53 bits per heavy atom. The molecule has 0 aliphatic heterocycles. The summed E-state index contributed by atoms with van der Waals surface area (Å²) in [7, 11) is 0. The average Bonchev–Trinajstić information content (AvgIpc) is 2.33. The fourth-order valence-electron chi connectivity index (χ4n) is 1.52. The van der Waals surface area contributed by atoms with E-state index < -0.39 is 11.6 Å². The second-order valence-electron chi connectivity index (χ2n) is 3.46. The average molecular weight is 249 g/mol. The maximum absolute atomic E-state index is 13.2. The van der Waals surface area contributed by atoms with Gasteiger partial charge in [-0.3, -0.25) is 0 Å². The van der Waals surface area contributed by atoms with Gasteiger partial charge in [-0.15, -0.1) is 6.42 Å². The molecule has 0 spiro atoms. The molecule has 0 amide bonds. The highest BCUT2D eigenvalue weighted by atomic mass is 35.5. The topological polar surface area (TPSA) is 0 Å². The molecule has 17 heavy (non-hydrogen) atoms. The van der Waals surface area contributed by atoms with Crippen LogP contribution < -0.4 is 0 Å². The molecule has 0 aliphatic rings. The van der Waals surface area contributed by atoms with E-state index in [0.717, 1.165) is 0 Å². The molecule has 0 nitrogen and oxygen atoms in total. The summed E-state index contributed by atoms with van der Waals surface area (Å²) in [4.78, 5) is 0. The van der Waals surface area contributed by atoms with Crippen molar-refractivity contribution in [2.45, 2.75) is 0 Å². The molecule has 0 fully saturated rings. The summed E-state index contributed by atoms with van der Waals surface area (Å²) in [6, 6.07) is 8.22. The van der Waals surface area contributed by atoms with Crippen LogP contribution in [0.25, 0.3) is 11.1 Å². The van der Waals surface area contributed by atoms with E-state index >= 15 is 0 Å². The van der Waals surface area contributed by atoms with Crippen molar-refractivity contribution in [3.8, 4) is 23.5 Å². The molecule has 0 radical (unpaired) electrons. The molecule has 2 rings (SSSR count). The summed E-state index contributed by atoms with van der Waals surface area (Å²) < 4.78 is 26.3. The molecule has 3 heteroatoms. The molecule has 2 aromatic carbocycles. The number of benzene rings is 2. The summed E-state index contributed by atoms with van der Waals surface area (Å²) >= 11 is 5.95. The minimum absolute atomic E-state index is 0.128. The lowest BCUT2D eigenvalue weighted by Crippen LogP contribution is -1.87. The molecule has 0 unspecified atom stereocenters. The van der Waals surface area contributed by atoms with Gasteiger partial charge in [0, 0.05) is 10.6 Å². The van der Waals surface area contributed by atoms with Crippen molar-refractivity contribution >= 4 is 11.6 Å². The van der Waals surface area contributed by atoms with Crippen molar-refractivity contribution in [3.63, 3.8) is 0 Å². The summed E-state index contributed by atoms with van der Waals surface area (Å²) in [6.45, 7) is 0. The molecule has 0 atom stereocenters. The van der Waals surface area contributed by atoms with Crippen LogP contribution in [-0.4, -0.2) is 0 Å². The minimum atomic E-state index is -0.483. The van der Waals surface area contributed by atoms with Gasteiger partial charge in [0.25, 0.3) is 0 Å². The van der Waals surface area contributed by atoms with E-state index in [1.54, 1.807) is 0 Å². The number of rotatable bonds is 1. The van der Waals surface area contributed by atoms with Crippen molar-refractivity contribution in [1.29, 1.82) is 0 Å². The highest BCUT2D eigenvalue weighted by Gasteiger charge is 2.07. The second kappa shape index (κ2) is 4.57. The van der Waals surface area contributed by atoms with E-state index in [-0.39, 0.29) is 5.56 Å². The Morgan fingerprint density at radius 1 is 1.06 bits per heavy atom. The Labute approximate surface area is 103 Å². The molecule has 0 saturated heterocycles. The first kappa shape index (κ1) is 11.6. The number of terminal acetylenes is 1. The van der Waals surface area contributed by atoms with Gasteiger partial charge in [-0.1, -0.05) is 23.6 Å². The number of halogens is 3. The Kier molecular flexibility index (Phi) is 3.12. The van der Waals surface area contributed by atoms with Gasteiger partial charge in [-0.05, 0) is 35.9 Å². The van der Waals surface area contributed by atoms with Crippen LogP contribution in [0, 0.1) is 24.0 Å². The lowest BCUT2D eigenvalue weighted by atomic mass is 10.0. The van der Waals surface area contributed by atoms with E-state index in [2.05, 4.69) is 5.92 Å². The molecule has 0 heterocycles. The fourth-order valence-corrected chi connectivity index (χ4v) is 1.75. The maximum atomic E-state index is 13.2. The Hall–Kier alpha value is -1.85. The zero-order valence-corrected chi connectivity index (χ0v) is 9.43. The predicted molar refractivity (Wildman–Crippen MR) is 64.7 cm³/mol. The third kappa shape index (κ3) is 2.30. The van der Waals surface area contributed by atoms with Crippen molar-refractivity contribution in [2.75, 3.05) is 0 Å². The Bertz CT molecular complexity index is 612. The Morgan fingerprint density at radius 2 is 1.82 bits per heavy atom. The standard InChI is InChI=1S/C14H7ClF2/c1-2-9-7-10(3-6-14(9)17)12-8-11(16)4-5-13(12)15/h1,3-8H. The molecule has 0 aromatic heterocycles. The number of hydrogen-bond acceptors (Lipinski definition) is 0. The summed E-state index contributed by atoms with van der Waals surface area (Å²) in [5.74, 6) is 1.34. The first-order valence-corrected chi connectivity index (χ1v) is 5.21. The lowest BCUT2D eigenvalue weighted by Gasteiger charge is -2.06. The molecule has 0 saturated carbocycles. The van der Waals surface area contributed by atoms with Gasteiger partial charge in [0.15, 0.2) is 0 Å². The van der Waals surface area contributed by atoms with Gasteiger partial charge >= 0.3 is 0 Å². The zero-order valence-electron chi connectivity index (χ0n) is 8.68. The highest BCUT2D eigenvalue weighted by molar-refractivity contribution is 6.33. The molecule has 0 aliphatic carbocycles. The van der Waals surface area contributed by atoms with Crippen molar-refractivity contribution in [2.24, 2.45) is 0 Å². The van der Waals surface area contributed by atoms with Crippen molar-refractivity contribution in [3.05, 3.63) is 58.6 Å². The van der Waals surface area contributed by atoms with Gasteiger partial charge in [0.05, 0.1) is 5.56 Å². The monoisotopic (exact) mass is 248 g/mol. The van der Waals surface area contributed by atoms with E-state index in [9.17, 15) is 8.78 Å². The molecular weight excluding hydrogens is 242 g/mol.